The monoisotopic (exact) mass is 405 g/mol. The first-order chi connectivity index (χ1) is 13.4. The van der Waals surface area contributed by atoms with Crippen LogP contribution in [-0.2, 0) is 17.7 Å². The predicted octanol–water partition coefficient (Wildman–Crippen LogP) is 6.31. The first-order valence-corrected chi connectivity index (χ1v) is 10.2. The van der Waals surface area contributed by atoms with Crippen molar-refractivity contribution in [1.82, 2.24) is 4.98 Å². The van der Waals surface area contributed by atoms with Crippen LogP contribution in [0.3, 0.4) is 0 Å². The fourth-order valence-electron chi connectivity index (χ4n) is 3.86. The van der Waals surface area contributed by atoms with Gasteiger partial charge in [0.2, 0.25) is 0 Å². The molecular formula is C21H20F3N2OS. The molecule has 1 aliphatic rings. The third kappa shape index (κ3) is 4.09. The second-order valence-corrected chi connectivity index (χ2v) is 8.26. The summed E-state index contributed by atoms with van der Waals surface area (Å²) in [5.41, 5.74) is 2.17. The second-order valence-electron chi connectivity index (χ2n) is 7.27. The van der Waals surface area contributed by atoms with Crippen LogP contribution >= 0.6 is 11.3 Å². The number of nitrogens with zero attached hydrogens (tertiary/aromatic N) is 2. The summed E-state index contributed by atoms with van der Waals surface area (Å²) in [6.45, 7) is 1.81. The molecule has 0 N–H and O–H groups in total. The molecule has 0 aliphatic carbocycles. The van der Waals surface area contributed by atoms with E-state index in [0.717, 1.165) is 72.4 Å². The number of anilines is 1. The van der Waals surface area contributed by atoms with Crippen molar-refractivity contribution in [2.45, 2.75) is 31.9 Å². The fraction of sp³-hybridized carbons (Fsp3) is 0.381. The SMILES string of the molecule is [O]c1nc2c(N3CCC(CCc4ccc(C(F)(F)F)cc4)CC3)cccc2s1. The Hall–Kier alpha value is -2.28. The van der Waals surface area contributed by atoms with Gasteiger partial charge < -0.3 is 4.90 Å². The number of hydrogen-bond donors (Lipinski definition) is 0. The van der Waals surface area contributed by atoms with E-state index in [4.69, 9.17) is 0 Å². The highest BCUT2D eigenvalue weighted by atomic mass is 32.1. The number of para-hydroxylation sites is 1. The molecule has 1 aliphatic heterocycles. The van der Waals surface area contributed by atoms with Crippen LogP contribution in [0.5, 0.6) is 5.19 Å². The number of halogens is 3. The fourth-order valence-corrected chi connectivity index (χ4v) is 4.58. The van der Waals surface area contributed by atoms with E-state index in [1.54, 1.807) is 12.1 Å². The average Bonchev–Trinajstić information content (AvgIpc) is 3.06. The molecule has 0 bridgehead atoms. The van der Waals surface area contributed by atoms with Crippen molar-refractivity contribution in [2.75, 3.05) is 18.0 Å². The number of benzene rings is 2. The van der Waals surface area contributed by atoms with Gasteiger partial charge in [0, 0.05) is 13.1 Å². The van der Waals surface area contributed by atoms with Crippen LogP contribution in [0.4, 0.5) is 18.9 Å². The largest absolute Gasteiger partial charge is 0.416 e. The number of hydrogen-bond acceptors (Lipinski definition) is 3. The van der Waals surface area contributed by atoms with Gasteiger partial charge in [-0.05, 0) is 61.4 Å². The molecule has 0 atom stereocenters. The third-order valence-electron chi connectivity index (χ3n) is 5.46. The zero-order chi connectivity index (χ0) is 19.7. The lowest BCUT2D eigenvalue weighted by molar-refractivity contribution is -0.137. The molecule has 0 spiro atoms. The van der Waals surface area contributed by atoms with E-state index in [9.17, 15) is 18.3 Å². The third-order valence-corrected chi connectivity index (χ3v) is 6.27. The van der Waals surface area contributed by atoms with Crippen LogP contribution in [0.2, 0.25) is 0 Å². The van der Waals surface area contributed by atoms with Crippen LogP contribution in [-0.4, -0.2) is 18.1 Å². The number of thiazole rings is 1. The lowest BCUT2D eigenvalue weighted by atomic mass is 9.90. The smallest absolute Gasteiger partial charge is 0.370 e. The zero-order valence-electron chi connectivity index (χ0n) is 15.2. The van der Waals surface area contributed by atoms with Gasteiger partial charge in [-0.15, -0.1) is 0 Å². The Morgan fingerprint density at radius 1 is 1.07 bits per heavy atom. The molecule has 4 rings (SSSR count). The molecular weight excluding hydrogens is 385 g/mol. The summed E-state index contributed by atoms with van der Waals surface area (Å²) in [6, 6.07) is 11.4. The standard InChI is InChI=1S/C21H20F3N2OS/c22-21(23,24)16-8-6-14(7-9-16)4-5-15-10-12-26(13-11-15)17-2-1-3-18-19(17)25-20(27)28-18/h1-3,6-9,15H,4-5,10-13H2. The number of fused-ring (bicyclic) bond motifs is 1. The minimum Gasteiger partial charge on any atom is -0.370 e. The average molecular weight is 405 g/mol. The van der Waals surface area contributed by atoms with Crippen molar-refractivity contribution < 1.29 is 18.3 Å². The van der Waals surface area contributed by atoms with Gasteiger partial charge in [0.1, 0.15) is 5.52 Å². The number of rotatable bonds is 4. The molecule has 7 heteroatoms. The molecule has 0 amide bonds. The van der Waals surface area contributed by atoms with Crippen LogP contribution in [0.1, 0.15) is 30.4 Å². The van der Waals surface area contributed by atoms with Gasteiger partial charge in [-0.25, -0.2) is 0 Å². The van der Waals surface area contributed by atoms with Gasteiger partial charge in [0.15, 0.2) is 0 Å². The molecule has 3 nitrogen and oxygen atoms in total. The van der Waals surface area contributed by atoms with Gasteiger partial charge in [-0.3, -0.25) is 5.11 Å². The summed E-state index contributed by atoms with van der Waals surface area (Å²) < 4.78 is 38.9. The minimum atomic E-state index is -4.28. The van der Waals surface area contributed by atoms with Gasteiger partial charge in [0.05, 0.1) is 16.0 Å². The van der Waals surface area contributed by atoms with Crippen molar-refractivity contribution in [3.05, 3.63) is 53.6 Å². The van der Waals surface area contributed by atoms with Crippen molar-refractivity contribution in [3.63, 3.8) is 0 Å². The molecule has 1 saturated heterocycles. The molecule has 1 radical (unpaired) electrons. The van der Waals surface area contributed by atoms with Crippen LogP contribution < -0.4 is 4.90 Å². The van der Waals surface area contributed by atoms with Crippen molar-refractivity contribution in [2.24, 2.45) is 5.92 Å². The van der Waals surface area contributed by atoms with Gasteiger partial charge >= 0.3 is 11.4 Å². The second kappa shape index (κ2) is 7.62. The summed E-state index contributed by atoms with van der Waals surface area (Å²) >= 11 is 1.18. The molecule has 147 valence electrons. The summed E-state index contributed by atoms with van der Waals surface area (Å²) in [4.78, 5) is 6.44. The topological polar surface area (TPSA) is 36.0 Å². The van der Waals surface area contributed by atoms with E-state index in [-0.39, 0.29) is 5.19 Å². The highest BCUT2D eigenvalue weighted by Crippen LogP contribution is 2.36. The van der Waals surface area contributed by atoms with Gasteiger partial charge in [0.25, 0.3) is 0 Å². The summed E-state index contributed by atoms with van der Waals surface area (Å²) in [5, 5.41) is 11.4. The number of aryl methyl sites for hydroxylation is 1. The van der Waals surface area contributed by atoms with Crippen LogP contribution in [0.25, 0.3) is 10.2 Å². The zero-order valence-corrected chi connectivity index (χ0v) is 16.0. The first-order valence-electron chi connectivity index (χ1n) is 9.38. The summed E-state index contributed by atoms with van der Waals surface area (Å²) in [7, 11) is 0. The lowest BCUT2D eigenvalue weighted by Crippen LogP contribution is -2.33. The number of aromatic nitrogens is 1. The van der Waals surface area contributed by atoms with E-state index in [0.29, 0.717) is 5.92 Å². The maximum absolute atomic E-state index is 12.6. The molecule has 28 heavy (non-hydrogen) atoms. The molecule has 0 unspecified atom stereocenters. The maximum atomic E-state index is 12.6. The Kier molecular flexibility index (Phi) is 5.19. The minimum absolute atomic E-state index is 0.158. The Labute approximate surface area is 165 Å². The Morgan fingerprint density at radius 3 is 2.46 bits per heavy atom. The maximum Gasteiger partial charge on any atom is 0.416 e. The summed E-state index contributed by atoms with van der Waals surface area (Å²) in [6.07, 6.45) is -0.440. The normalized spacial score (nSPS) is 16.0. The van der Waals surface area contributed by atoms with E-state index >= 15 is 0 Å². The highest BCUT2D eigenvalue weighted by Gasteiger charge is 2.30. The summed E-state index contributed by atoms with van der Waals surface area (Å²) in [5.74, 6) is 0.559. The van der Waals surface area contributed by atoms with E-state index in [1.165, 1.54) is 11.3 Å². The van der Waals surface area contributed by atoms with Crippen LogP contribution in [0.15, 0.2) is 42.5 Å². The predicted molar refractivity (Wildman–Crippen MR) is 104 cm³/mol. The van der Waals surface area contributed by atoms with Crippen molar-refractivity contribution in [1.29, 1.82) is 0 Å². The molecule has 1 fully saturated rings. The Balaban J connectivity index is 1.33. The van der Waals surface area contributed by atoms with Crippen molar-refractivity contribution >= 4 is 27.2 Å². The molecule has 1 aromatic heterocycles. The molecule has 3 aromatic rings. The number of alkyl halides is 3. The molecule has 0 saturated carbocycles. The molecule has 2 aromatic carbocycles. The lowest BCUT2D eigenvalue weighted by Gasteiger charge is -2.33. The van der Waals surface area contributed by atoms with Gasteiger partial charge in [-0.2, -0.15) is 18.2 Å². The van der Waals surface area contributed by atoms with E-state index in [2.05, 4.69) is 9.88 Å². The van der Waals surface area contributed by atoms with E-state index in [1.807, 2.05) is 18.2 Å². The quantitative estimate of drug-likeness (QED) is 0.510. The molecule has 2 heterocycles. The Morgan fingerprint density at radius 2 is 1.79 bits per heavy atom. The van der Waals surface area contributed by atoms with Crippen LogP contribution in [0, 0.1) is 5.92 Å². The van der Waals surface area contributed by atoms with Gasteiger partial charge in [-0.1, -0.05) is 29.5 Å². The van der Waals surface area contributed by atoms with E-state index < -0.39 is 11.7 Å². The highest BCUT2D eigenvalue weighted by molar-refractivity contribution is 7.20. The first kappa shape index (κ1) is 19.1. The van der Waals surface area contributed by atoms with Crippen molar-refractivity contribution in [3.8, 4) is 5.19 Å². The number of piperidine rings is 1. The Bertz CT molecular complexity index is 944.